The summed E-state index contributed by atoms with van der Waals surface area (Å²) in [4.78, 5) is 7.29. The van der Waals surface area contributed by atoms with Crippen LogP contribution in [0.25, 0.3) is 10.8 Å². The first kappa shape index (κ1) is 14.8. The summed E-state index contributed by atoms with van der Waals surface area (Å²) in [5, 5.41) is 3.28. The van der Waals surface area contributed by atoms with E-state index in [0.717, 1.165) is 24.7 Å². The molecular weight excluding hydrogens is 284 g/mol. The number of aromatic nitrogens is 1. The first-order chi connectivity index (χ1) is 10.4. The van der Waals surface area contributed by atoms with Crippen LogP contribution < -0.4 is 5.32 Å². The molecular formula is C16H22N2O2S. The van der Waals surface area contributed by atoms with Gasteiger partial charge in [0.2, 0.25) is 5.89 Å². The smallest absolute Gasteiger partial charge is 0.236 e. The Morgan fingerprint density at radius 2 is 2.24 bits per heavy atom. The minimum absolute atomic E-state index is 0.711. The molecule has 0 saturated carbocycles. The van der Waals surface area contributed by atoms with Gasteiger partial charge in [-0.3, -0.25) is 0 Å². The molecule has 21 heavy (non-hydrogen) atoms. The van der Waals surface area contributed by atoms with E-state index in [1.54, 1.807) is 13.4 Å². The summed E-state index contributed by atoms with van der Waals surface area (Å²) < 4.78 is 10.7. The molecule has 0 radical (unpaired) electrons. The van der Waals surface area contributed by atoms with Gasteiger partial charge in [0, 0.05) is 25.1 Å². The lowest BCUT2D eigenvalue weighted by atomic mass is 10.1. The van der Waals surface area contributed by atoms with Gasteiger partial charge >= 0.3 is 0 Å². The van der Waals surface area contributed by atoms with Crippen LogP contribution >= 0.6 is 11.3 Å². The van der Waals surface area contributed by atoms with Crippen molar-refractivity contribution < 1.29 is 9.15 Å². The summed E-state index contributed by atoms with van der Waals surface area (Å²) in [5.41, 5.74) is 2.45. The highest BCUT2D eigenvalue weighted by Crippen LogP contribution is 2.34. The maximum Gasteiger partial charge on any atom is 0.236 e. The second kappa shape index (κ2) is 7.20. The van der Waals surface area contributed by atoms with Gasteiger partial charge in [-0.1, -0.05) is 6.42 Å². The van der Waals surface area contributed by atoms with Crippen LogP contribution in [0.15, 0.2) is 16.7 Å². The van der Waals surface area contributed by atoms with Crippen molar-refractivity contribution in [1.29, 1.82) is 0 Å². The maximum absolute atomic E-state index is 5.64. The van der Waals surface area contributed by atoms with E-state index >= 15 is 0 Å². The van der Waals surface area contributed by atoms with Crippen LogP contribution in [0.2, 0.25) is 0 Å². The molecule has 0 amide bonds. The number of nitrogens with zero attached hydrogens (tertiary/aromatic N) is 1. The summed E-state index contributed by atoms with van der Waals surface area (Å²) in [5.74, 6) is 0.761. The van der Waals surface area contributed by atoms with Crippen molar-refractivity contribution in [2.24, 2.45) is 0 Å². The predicted octanol–water partition coefficient (Wildman–Crippen LogP) is 3.41. The highest BCUT2D eigenvalue weighted by atomic mass is 32.1. The van der Waals surface area contributed by atoms with Gasteiger partial charge in [-0.05, 0) is 37.3 Å². The first-order valence-corrected chi connectivity index (χ1v) is 8.44. The third-order valence-electron chi connectivity index (χ3n) is 3.80. The Labute approximate surface area is 129 Å². The Bertz CT molecular complexity index is 553. The van der Waals surface area contributed by atoms with Crippen molar-refractivity contribution in [1.82, 2.24) is 10.3 Å². The molecule has 0 saturated heterocycles. The molecule has 114 valence electrons. The lowest BCUT2D eigenvalue weighted by Gasteiger charge is -1.99. The van der Waals surface area contributed by atoms with Gasteiger partial charge in [0.1, 0.15) is 6.26 Å². The van der Waals surface area contributed by atoms with E-state index in [-0.39, 0.29) is 0 Å². The lowest BCUT2D eigenvalue weighted by molar-refractivity contribution is 0.199. The summed E-state index contributed by atoms with van der Waals surface area (Å²) in [7, 11) is 1.71. The van der Waals surface area contributed by atoms with Gasteiger partial charge in [-0.2, -0.15) is 0 Å². The average Bonchev–Trinajstić information content (AvgIpc) is 3.06. The summed E-state index contributed by atoms with van der Waals surface area (Å²) in [6.45, 7) is 2.26. The molecule has 2 heterocycles. The zero-order chi connectivity index (χ0) is 14.5. The molecule has 0 fully saturated rings. The molecule has 0 atom stereocenters. The summed E-state index contributed by atoms with van der Waals surface area (Å²) in [6.07, 6.45) is 8.15. The fraction of sp³-hybridized carbons (Fsp3) is 0.562. The normalized spacial score (nSPS) is 14.9. The maximum atomic E-state index is 5.64. The van der Waals surface area contributed by atoms with Crippen LogP contribution in [0.1, 0.15) is 35.4 Å². The van der Waals surface area contributed by atoms with Crippen molar-refractivity contribution in [3.8, 4) is 10.8 Å². The molecule has 3 rings (SSSR count). The summed E-state index contributed by atoms with van der Waals surface area (Å²) in [6, 6.07) is 2.28. The van der Waals surface area contributed by atoms with Crippen molar-refractivity contribution >= 4 is 11.3 Å². The molecule has 2 aromatic rings. The Morgan fingerprint density at radius 1 is 1.33 bits per heavy atom. The molecule has 0 bridgehead atoms. The van der Waals surface area contributed by atoms with E-state index < -0.39 is 0 Å². The van der Waals surface area contributed by atoms with Gasteiger partial charge < -0.3 is 14.5 Å². The largest absolute Gasteiger partial charge is 0.444 e. The molecule has 0 aromatic carbocycles. The number of thiophene rings is 1. The van der Waals surface area contributed by atoms with Crippen molar-refractivity contribution in [2.45, 2.75) is 38.6 Å². The quantitative estimate of drug-likeness (QED) is 0.656. The molecule has 2 aromatic heterocycles. The number of ether oxygens (including phenoxy) is 1. The number of fused-ring (bicyclic) bond motifs is 1. The van der Waals surface area contributed by atoms with E-state index in [0.29, 0.717) is 6.61 Å². The van der Waals surface area contributed by atoms with E-state index in [1.807, 2.05) is 11.3 Å². The van der Waals surface area contributed by atoms with Crippen LogP contribution in [0.5, 0.6) is 0 Å². The average molecular weight is 306 g/mol. The van der Waals surface area contributed by atoms with Gasteiger partial charge in [0.05, 0.1) is 17.2 Å². The SMILES string of the molecule is COCCNCc1coc(-c2cc3c(s2)CCCCC3)n1. The van der Waals surface area contributed by atoms with Crippen LogP contribution in [-0.2, 0) is 24.1 Å². The topological polar surface area (TPSA) is 47.3 Å². The molecule has 1 aliphatic rings. The highest BCUT2D eigenvalue weighted by molar-refractivity contribution is 7.15. The van der Waals surface area contributed by atoms with E-state index in [1.165, 1.54) is 47.4 Å². The van der Waals surface area contributed by atoms with Gasteiger partial charge in [-0.15, -0.1) is 11.3 Å². The lowest BCUT2D eigenvalue weighted by Crippen LogP contribution is -2.18. The van der Waals surface area contributed by atoms with E-state index in [2.05, 4.69) is 16.4 Å². The van der Waals surface area contributed by atoms with Crippen LogP contribution in [0.3, 0.4) is 0 Å². The minimum atomic E-state index is 0.711. The van der Waals surface area contributed by atoms with E-state index in [4.69, 9.17) is 9.15 Å². The fourth-order valence-corrected chi connectivity index (χ4v) is 3.85. The van der Waals surface area contributed by atoms with Crippen molar-refractivity contribution in [2.75, 3.05) is 20.3 Å². The second-order valence-electron chi connectivity index (χ2n) is 5.43. The number of oxazole rings is 1. The Morgan fingerprint density at radius 3 is 3.14 bits per heavy atom. The fourth-order valence-electron chi connectivity index (χ4n) is 2.66. The molecule has 4 nitrogen and oxygen atoms in total. The highest BCUT2D eigenvalue weighted by Gasteiger charge is 2.16. The first-order valence-electron chi connectivity index (χ1n) is 7.63. The number of nitrogens with one attached hydrogen (secondary N) is 1. The van der Waals surface area contributed by atoms with Gasteiger partial charge in [0.15, 0.2) is 0 Å². The molecule has 1 aliphatic carbocycles. The number of hydrogen-bond donors (Lipinski definition) is 1. The molecule has 0 unspecified atom stereocenters. The number of hydrogen-bond acceptors (Lipinski definition) is 5. The molecule has 0 spiro atoms. The minimum Gasteiger partial charge on any atom is -0.444 e. The van der Waals surface area contributed by atoms with Gasteiger partial charge in [0.25, 0.3) is 0 Å². The van der Waals surface area contributed by atoms with Crippen LogP contribution in [0.4, 0.5) is 0 Å². The monoisotopic (exact) mass is 306 g/mol. The number of aryl methyl sites for hydroxylation is 2. The van der Waals surface area contributed by atoms with Gasteiger partial charge in [-0.25, -0.2) is 4.98 Å². The molecule has 0 aliphatic heterocycles. The predicted molar refractivity (Wildman–Crippen MR) is 84.7 cm³/mol. The van der Waals surface area contributed by atoms with Crippen molar-refractivity contribution in [3.63, 3.8) is 0 Å². The Kier molecular flexibility index (Phi) is 5.06. The standard InChI is InChI=1S/C16H22N2O2S/c1-19-8-7-17-10-13-11-20-16(18-13)15-9-12-5-3-2-4-6-14(12)21-15/h9,11,17H,2-8,10H2,1H3. The zero-order valence-corrected chi connectivity index (χ0v) is 13.3. The third-order valence-corrected chi connectivity index (χ3v) is 5.02. The second-order valence-corrected chi connectivity index (χ2v) is 6.57. The molecule has 5 heteroatoms. The van der Waals surface area contributed by atoms with Crippen molar-refractivity contribution in [3.05, 3.63) is 28.5 Å². The number of methoxy groups -OCH3 is 1. The van der Waals surface area contributed by atoms with E-state index in [9.17, 15) is 0 Å². The molecule has 1 N–H and O–H groups in total. The van der Waals surface area contributed by atoms with Crippen LogP contribution in [0, 0.1) is 0 Å². The van der Waals surface area contributed by atoms with Crippen LogP contribution in [-0.4, -0.2) is 25.2 Å². The Balaban J connectivity index is 1.65. The summed E-state index contributed by atoms with van der Waals surface area (Å²) >= 11 is 1.85. The number of rotatable bonds is 6. The third kappa shape index (κ3) is 3.73. The zero-order valence-electron chi connectivity index (χ0n) is 12.5. The Hall–Kier alpha value is -1.17.